The summed E-state index contributed by atoms with van der Waals surface area (Å²) in [6.07, 6.45) is 0.323. The van der Waals surface area contributed by atoms with Crippen molar-refractivity contribution in [2.45, 2.75) is 33.1 Å². The maximum absolute atomic E-state index is 12.3. The second-order valence-electron chi connectivity index (χ2n) is 5.56. The summed E-state index contributed by atoms with van der Waals surface area (Å²) in [4.78, 5) is 25.7. The van der Waals surface area contributed by atoms with E-state index >= 15 is 0 Å². The van der Waals surface area contributed by atoms with Crippen molar-refractivity contribution in [3.63, 3.8) is 0 Å². The van der Waals surface area contributed by atoms with Gasteiger partial charge in [-0.15, -0.1) is 0 Å². The van der Waals surface area contributed by atoms with Gasteiger partial charge in [0.05, 0.1) is 5.92 Å². The third-order valence-electron chi connectivity index (χ3n) is 3.81. The normalized spacial score (nSPS) is 18.7. The van der Waals surface area contributed by atoms with Crippen molar-refractivity contribution < 1.29 is 9.59 Å². The number of rotatable bonds is 4. The highest BCUT2D eigenvalue weighted by atomic mass is 16.2. The highest BCUT2D eigenvalue weighted by molar-refractivity contribution is 5.97. The number of nitrogens with one attached hydrogen (secondary N) is 1. The zero-order valence-electron chi connectivity index (χ0n) is 12.3. The van der Waals surface area contributed by atoms with Gasteiger partial charge in [0.15, 0.2) is 0 Å². The largest absolute Gasteiger partial charge is 0.342 e. The lowest BCUT2D eigenvalue weighted by atomic mass is 10.0. The molecule has 0 unspecified atom stereocenters. The summed E-state index contributed by atoms with van der Waals surface area (Å²) >= 11 is 0. The van der Waals surface area contributed by atoms with Crippen LogP contribution in [0.3, 0.4) is 0 Å². The Bertz CT molecular complexity index is 511. The van der Waals surface area contributed by atoms with Gasteiger partial charge in [-0.2, -0.15) is 0 Å². The Balaban J connectivity index is 2.08. The minimum atomic E-state index is -0.234. The molecule has 1 atom stereocenters. The molecule has 0 aromatic heterocycles. The number of hydrogen-bond donors (Lipinski definition) is 1. The molecule has 0 bridgehead atoms. The van der Waals surface area contributed by atoms with Gasteiger partial charge in [-0.25, -0.2) is 0 Å². The summed E-state index contributed by atoms with van der Waals surface area (Å²) in [6.45, 7) is 7.34. The SMILES string of the molecule is CCN1C[C@@H](C(=O)Nc2ccccc2C(C)C)CC1=O. The quantitative estimate of drug-likeness (QED) is 0.917. The molecule has 2 amide bonds. The fraction of sp³-hybridized carbons (Fsp3) is 0.500. The highest BCUT2D eigenvalue weighted by Crippen LogP contribution is 2.25. The van der Waals surface area contributed by atoms with Crippen molar-refractivity contribution in [3.8, 4) is 0 Å². The Hall–Kier alpha value is -1.84. The molecule has 0 aliphatic carbocycles. The molecule has 4 heteroatoms. The minimum Gasteiger partial charge on any atom is -0.342 e. The Morgan fingerprint density at radius 2 is 2.10 bits per heavy atom. The number of para-hydroxylation sites is 1. The van der Waals surface area contributed by atoms with Gasteiger partial charge in [-0.1, -0.05) is 32.0 Å². The van der Waals surface area contributed by atoms with Gasteiger partial charge >= 0.3 is 0 Å². The Kier molecular flexibility index (Phi) is 4.42. The van der Waals surface area contributed by atoms with Gasteiger partial charge in [0.25, 0.3) is 0 Å². The molecule has 1 aliphatic heterocycles. The van der Waals surface area contributed by atoms with Gasteiger partial charge in [-0.3, -0.25) is 9.59 Å². The molecular weight excluding hydrogens is 252 g/mol. The lowest BCUT2D eigenvalue weighted by molar-refractivity contribution is -0.128. The number of anilines is 1. The van der Waals surface area contributed by atoms with Crippen LogP contribution in [0.4, 0.5) is 5.69 Å². The molecule has 108 valence electrons. The molecule has 0 saturated carbocycles. The monoisotopic (exact) mass is 274 g/mol. The van der Waals surface area contributed by atoms with Crippen molar-refractivity contribution in [2.75, 3.05) is 18.4 Å². The fourth-order valence-electron chi connectivity index (χ4n) is 2.60. The molecule has 0 spiro atoms. The lowest BCUT2D eigenvalue weighted by Gasteiger charge is -2.16. The first-order valence-electron chi connectivity index (χ1n) is 7.20. The van der Waals surface area contributed by atoms with E-state index in [1.54, 1.807) is 4.90 Å². The number of carbonyl (C=O) groups is 2. The Morgan fingerprint density at radius 3 is 2.70 bits per heavy atom. The van der Waals surface area contributed by atoms with Crippen molar-refractivity contribution in [1.82, 2.24) is 4.90 Å². The lowest BCUT2D eigenvalue weighted by Crippen LogP contribution is -2.28. The summed E-state index contributed by atoms with van der Waals surface area (Å²) in [5.41, 5.74) is 1.98. The zero-order valence-corrected chi connectivity index (χ0v) is 12.3. The van der Waals surface area contributed by atoms with Gasteiger partial charge in [0, 0.05) is 25.2 Å². The van der Waals surface area contributed by atoms with Crippen molar-refractivity contribution in [1.29, 1.82) is 0 Å². The summed E-state index contributed by atoms with van der Waals surface area (Å²) in [5, 5.41) is 2.98. The van der Waals surface area contributed by atoms with Gasteiger partial charge in [0.2, 0.25) is 11.8 Å². The van der Waals surface area contributed by atoms with E-state index in [4.69, 9.17) is 0 Å². The third-order valence-corrected chi connectivity index (χ3v) is 3.81. The minimum absolute atomic E-state index is 0.0533. The Morgan fingerprint density at radius 1 is 1.40 bits per heavy atom. The van der Waals surface area contributed by atoms with Crippen LogP contribution in [0, 0.1) is 5.92 Å². The number of benzene rings is 1. The summed E-state index contributed by atoms with van der Waals surface area (Å²) in [5.74, 6) is 0.138. The standard InChI is InChI=1S/C16H22N2O2/c1-4-18-10-12(9-15(18)19)16(20)17-14-8-6-5-7-13(14)11(2)3/h5-8,11-12H,4,9-10H2,1-3H3,(H,17,20)/t12-/m0/s1. The number of nitrogens with zero attached hydrogens (tertiary/aromatic N) is 1. The van der Waals surface area contributed by atoms with Crippen LogP contribution in [0.1, 0.15) is 38.7 Å². The predicted octanol–water partition coefficient (Wildman–Crippen LogP) is 2.62. The molecule has 1 fully saturated rings. The first-order chi connectivity index (χ1) is 9.52. The first kappa shape index (κ1) is 14.6. The molecule has 1 heterocycles. The van der Waals surface area contributed by atoms with E-state index < -0.39 is 0 Å². The van der Waals surface area contributed by atoms with Crippen LogP contribution in [-0.4, -0.2) is 29.8 Å². The van der Waals surface area contributed by atoms with Crippen LogP contribution < -0.4 is 5.32 Å². The van der Waals surface area contributed by atoms with Crippen molar-refractivity contribution in [2.24, 2.45) is 5.92 Å². The molecular formula is C16H22N2O2. The molecule has 2 rings (SSSR count). The van der Waals surface area contributed by atoms with Gasteiger partial charge in [0.1, 0.15) is 0 Å². The summed E-state index contributed by atoms with van der Waals surface area (Å²) in [7, 11) is 0. The number of hydrogen-bond acceptors (Lipinski definition) is 2. The molecule has 20 heavy (non-hydrogen) atoms. The van der Waals surface area contributed by atoms with Crippen LogP contribution in [0.5, 0.6) is 0 Å². The van der Waals surface area contributed by atoms with Crippen LogP contribution in [0.25, 0.3) is 0 Å². The topological polar surface area (TPSA) is 49.4 Å². The van der Waals surface area contributed by atoms with E-state index in [0.717, 1.165) is 11.3 Å². The smallest absolute Gasteiger partial charge is 0.229 e. The number of carbonyl (C=O) groups excluding carboxylic acids is 2. The number of amides is 2. The molecule has 1 aromatic carbocycles. The molecule has 0 radical (unpaired) electrons. The van der Waals surface area contributed by atoms with E-state index in [1.165, 1.54) is 0 Å². The van der Waals surface area contributed by atoms with E-state index in [9.17, 15) is 9.59 Å². The fourth-order valence-corrected chi connectivity index (χ4v) is 2.60. The van der Waals surface area contributed by atoms with Gasteiger partial charge < -0.3 is 10.2 Å². The maximum atomic E-state index is 12.3. The molecule has 1 N–H and O–H groups in total. The van der Waals surface area contributed by atoms with E-state index in [0.29, 0.717) is 25.4 Å². The summed E-state index contributed by atoms with van der Waals surface area (Å²) in [6, 6.07) is 7.84. The second kappa shape index (κ2) is 6.07. The van der Waals surface area contributed by atoms with E-state index in [1.807, 2.05) is 31.2 Å². The van der Waals surface area contributed by atoms with Crippen molar-refractivity contribution >= 4 is 17.5 Å². The third kappa shape index (κ3) is 3.00. The van der Waals surface area contributed by atoms with Crippen LogP contribution >= 0.6 is 0 Å². The van der Waals surface area contributed by atoms with Crippen molar-refractivity contribution in [3.05, 3.63) is 29.8 Å². The van der Waals surface area contributed by atoms with Crippen LogP contribution in [0.2, 0.25) is 0 Å². The zero-order chi connectivity index (χ0) is 14.7. The highest BCUT2D eigenvalue weighted by Gasteiger charge is 2.33. The Labute approximate surface area is 120 Å². The maximum Gasteiger partial charge on any atom is 0.229 e. The average Bonchev–Trinajstić information content (AvgIpc) is 2.80. The van der Waals surface area contributed by atoms with E-state index in [2.05, 4.69) is 19.2 Å². The molecule has 1 saturated heterocycles. The van der Waals surface area contributed by atoms with Crippen LogP contribution in [-0.2, 0) is 9.59 Å². The van der Waals surface area contributed by atoms with E-state index in [-0.39, 0.29) is 17.7 Å². The number of likely N-dealkylation sites (tertiary alicyclic amines) is 1. The average molecular weight is 274 g/mol. The molecule has 4 nitrogen and oxygen atoms in total. The van der Waals surface area contributed by atoms with Gasteiger partial charge in [-0.05, 0) is 24.5 Å². The molecule has 1 aromatic rings. The first-order valence-corrected chi connectivity index (χ1v) is 7.20. The summed E-state index contributed by atoms with van der Waals surface area (Å²) < 4.78 is 0. The molecule has 1 aliphatic rings. The predicted molar refractivity (Wildman–Crippen MR) is 79.5 cm³/mol. The van der Waals surface area contributed by atoms with Crippen LogP contribution in [0.15, 0.2) is 24.3 Å². The second-order valence-corrected chi connectivity index (χ2v) is 5.56.